The Morgan fingerprint density at radius 3 is 1.62 bits per heavy atom. The van der Waals surface area contributed by atoms with Gasteiger partial charge in [-0.1, -0.05) is 90.4 Å². The molecule has 0 aromatic heterocycles. The molecule has 29 heavy (non-hydrogen) atoms. The van der Waals surface area contributed by atoms with Crippen LogP contribution in [-0.2, 0) is 14.3 Å². The molecule has 1 unspecified atom stereocenters. The van der Waals surface area contributed by atoms with E-state index in [4.69, 9.17) is 14.6 Å². The molecular formula is C22H42O7. The second-order valence-corrected chi connectivity index (χ2v) is 8.20. The van der Waals surface area contributed by atoms with E-state index in [1.807, 2.05) is 0 Å². The van der Waals surface area contributed by atoms with Gasteiger partial charge in [0, 0.05) is 6.61 Å². The first-order chi connectivity index (χ1) is 14.0. The third-order valence-corrected chi connectivity index (χ3v) is 5.59. The van der Waals surface area contributed by atoms with Crippen molar-refractivity contribution in [3.05, 3.63) is 0 Å². The molecule has 1 heterocycles. The van der Waals surface area contributed by atoms with E-state index < -0.39 is 36.7 Å². The Balaban J connectivity index is 1.96. The van der Waals surface area contributed by atoms with E-state index in [-0.39, 0.29) is 0 Å². The monoisotopic (exact) mass is 418 g/mol. The summed E-state index contributed by atoms with van der Waals surface area (Å²) < 4.78 is 10.5. The summed E-state index contributed by atoms with van der Waals surface area (Å²) >= 11 is 0. The first-order valence-corrected chi connectivity index (χ1v) is 11.5. The number of aliphatic carboxylic acids is 1. The number of hydrogen-bond acceptors (Lipinski definition) is 6. The van der Waals surface area contributed by atoms with Gasteiger partial charge in [0.25, 0.3) is 0 Å². The molecule has 0 aromatic carbocycles. The minimum Gasteiger partial charge on any atom is -0.479 e. The Bertz CT molecular complexity index is 418. The van der Waals surface area contributed by atoms with Crippen molar-refractivity contribution in [3.63, 3.8) is 0 Å². The van der Waals surface area contributed by atoms with Crippen molar-refractivity contribution in [1.29, 1.82) is 0 Å². The Morgan fingerprint density at radius 1 is 0.724 bits per heavy atom. The first kappa shape index (κ1) is 26.3. The molecule has 0 aromatic rings. The maximum absolute atomic E-state index is 11.0. The highest BCUT2D eigenvalue weighted by Gasteiger charge is 2.47. The number of carboxylic acids is 1. The maximum atomic E-state index is 11.0. The largest absolute Gasteiger partial charge is 0.479 e. The number of carboxylic acid groups (broad SMARTS) is 1. The highest BCUT2D eigenvalue weighted by atomic mass is 16.7. The minimum absolute atomic E-state index is 0.314. The molecule has 1 aliphatic rings. The Morgan fingerprint density at radius 2 is 1.17 bits per heavy atom. The van der Waals surface area contributed by atoms with E-state index in [1.165, 1.54) is 70.6 Å². The van der Waals surface area contributed by atoms with Crippen LogP contribution in [0.2, 0.25) is 0 Å². The molecule has 0 spiro atoms. The fraction of sp³-hybridized carbons (Fsp3) is 0.955. The van der Waals surface area contributed by atoms with Crippen molar-refractivity contribution in [1.82, 2.24) is 0 Å². The maximum Gasteiger partial charge on any atom is 0.335 e. The highest BCUT2D eigenvalue weighted by molar-refractivity contribution is 5.73. The fourth-order valence-corrected chi connectivity index (χ4v) is 3.69. The van der Waals surface area contributed by atoms with Crippen LogP contribution in [0.15, 0.2) is 0 Å². The average Bonchev–Trinajstić information content (AvgIpc) is 2.70. The molecule has 7 heteroatoms. The predicted molar refractivity (Wildman–Crippen MR) is 111 cm³/mol. The van der Waals surface area contributed by atoms with Crippen LogP contribution in [0.4, 0.5) is 0 Å². The second-order valence-electron chi connectivity index (χ2n) is 8.20. The van der Waals surface area contributed by atoms with E-state index in [1.54, 1.807) is 0 Å². The SMILES string of the molecule is CCCCCCCCCCCCCCCCOC1O[C@H](C(=O)O)[C@H](O)[C@H](O)[C@H]1O. The topological polar surface area (TPSA) is 116 Å². The molecule has 7 nitrogen and oxygen atoms in total. The van der Waals surface area contributed by atoms with E-state index in [9.17, 15) is 20.1 Å². The molecule has 1 rings (SSSR count). The second kappa shape index (κ2) is 16.0. The van der Waals surface area contributed by atoms with E-state index in [2.05, 4.69) is 6.92 Å². The normalized spacial score (nSPS) is 27.2. The molecule has 172 valence electrons. The van der Waals surface area contributed by atoms with E-state index in [0.29, 0.717) is 6.61 Å². The number of aliphatic hydroxyl groups is 3. The predicted octanol–water partition coefficient (Wildman–Crippen LogP) is 3.38. The Labute approximate surface area is 175 Å². The lowest BCUT2D eigenvalue weighted by atomic mass is 9.99. The van der Waals surface area contributed by atoms with Crippen molar-refractivity contribution < 1.29 is 34.7 Å². The van der Waals surface area contributed by atoms with Gasteiger partial charge in [0.2, 0.25) is 0 Å². The number of carbonyl (C=O) groups is 1. The molecule has 0 amide bonds. The summed E-state index contributed by atoms with van der Waals surface area (Å²) in [6.07, 6.45) is 9.91. The lowest BCUT2D eigenvalue weighted by Crippen LogP contribution is -2.60. The smallest absolute Gasteiger partial charge is 0.335 e. The molecule has 5 atom stereocenters. The molecule has 1 aliphatic heterocycles. The molecular weight excluding hydrogens is 376 g/mol. The van der Waals surface area contributed by atoms with Crippen LogP contribution in [-0.4, -0.2) is 63.7 Å². The van der Waals surface area contributed by atoms with Crippen molar-refractivity contribution >= 4 is 5.97 Å². The molecule has 0 bridgehead atoms. The average molecular weight is 419 g/mol. The number of aliphatic hydroxyl groups excluding tert-OH is 3. The summed E-state index contributed by atoms with van der Waals surface area (Å²) in [7, 11) is 0. The third-order valence-electron chi connectivity index (χ3n) is 5.59. The van der Waals surface area contributed by atoms with Gasteiger partial charge in [0.1, 0.15) is 18.3 Å². The lowest BCUT2D eigenvalue weighted by Gasteiger charge is -2.38. The van der Waals surface area contributed by atoms with Gasteiger partial charge in [-0.15, -0.1) is 0 Å². The zero-order valence-corrected chi connectivity index (χ0v) is 18.0. The third kappa shape index (κ3) is 10.7. The fourth-order valence-electron chi connectivity index (χ4n) is 3.69. The lowest BCUT2D eigenvalue weighted by molar-refractivity contribution is -0.294. The summed E-state index contributed by atoms with van der Waals surface area (Å²) in [5.41, 5.74) is 0. The van der Waals surface area contributed by atoms with Gasteiger partial charge in [-0.3, -0.25) is 0 Å². The van der Waals surface area contributed by atoms with Gasteiger partial charge in [-0.25, -0.2) is 4.79 Å². The van der Waals surface area contributed by atoms with Gasteiger partial charge < -0.3 is 29.9 Å². The van der Waals surface area contributed by atoms with Crippen LogP contribution < -0.4 is 0 Å². The van der Waals surface area contributed by atoms with Gasteiger partial charge in [0.15, 0.2) is 12.4 Å². The highest BCUT2D eigenvalue weighted by Crippen LogP contribution is 2.22. The van der Waals surface area contributed by atoms with Crippen LogP contribution in [0.5, 0.6) is 0 Å². The van der Waals surface area contributed by atoms with Crippen molar-refractivity contribution in [2.24, 2.45) is 0 Å². The molecule has 1 saturated heterocycles. The summed E-state index contributed by atoms with van der Waals surface area (Å²) in [6.45, 7) is 2.56. The van der Waals surface area contributed by atoms with Crippen molar-refractivity contribution in [2.75, 3.05) is 6.61 Å². The summed E-state index contributed by atoms with van der Waals surface area (Å²) in [5.74, 6) is -1.39. The van der Waals surface area contributed by atoms with Gasteiger partial charge in [-0.05, 0) is 6.42 Å². The Kier molecular flexibility index (Phi) is 14.5. The minimum atomic E-state index is -1.68. The Hall–Kier alpha value is -0.730. The van der Waals surface area contributed by atoms with E-state index in [0.717, 1.165) is 19.3 Å². The van der Waals surface area contributed by atoms with Gasteiger partial charge in [0.05, 0.1) is 0 Å². The molecule has 4 N–H and O–H groups in total. The number of rotatable bonds is 17. The van der Waals surface area contributed by atoms with Gasteiger partial charge in [-0.2, -0.15) is 0 Å². The summed E-state index contributed by atoms with van der Waals surface area (Å²) in [4.78, 5) is 11.0. The summed E-state index contributed by atoms with van der Waals surface area (Å²) in [5, 5.41) is 38.2. The zero-order valence-electron chi connectivity index (χ0n) is 18.0. The number of hydrogen-bond donors (Lipinski definition) is 4. The van der Waals surface area contributed by atoms with E-state index >= 15 is 0 Å². The number of unbranched alkanes of at least 4 members (excludes halogenated alkanes) is 13. The molecule has 0 saturated carbocycles. The van der Waals surface area contributed by atoms with Crippen molar-refractivity contribution in [3.8, 4) is 0 Å². The number of ether oxygens (including phenoxy) is 2. The summed E-state index contributed by atoms with van der Waals surface area (Å²) in [6, 6.07) is 0. The zero-order chi connectivity index (χ0) is 21.5. The van der Waals surface area contributed by atoms with Crippen LogP contribution in [0.1, 0.15) is 96.8 Å². The first-order valence-electron chi connectivity index (χ1n) is 11.5. The standard InChI is InChI=1S/C22H42O7/c1-2-3-4-5-6-7-8-9-10-11-12-13-14-15-16-28-22-19(25)17(23)18(24)20(29-22)21(26)27/h17-20,22-25H,2-16H2,1H3,(H,26,27)/t17-,18+,19+,20-,22?/m0/s1. The molecule has 0 aliphatic carbocycles. The van der Waals surface area contributed by atoms with Crippen LogP contribution in [0, 0.1) is 0 Å². The van der Waals surface area contributed by atoms with Gasteiger partial charge >= 0.3 is 5.97 Å². The quantitative estimate of drug-likeness (QED) is 0.268. The van der Waals surface area contributed by atoms with Crippen LogP contribution in [0.25, 0.3) is 0 Å². The molecule has 1 fully saturated rings. The molecule has 0 radical (unpaired) electrons. The van der Waals surface area contributed by atoms with Crippen molar-refractivity contribution in [2.45, 2.75) is 128 Å². The van der Waals surface area contributed by atoms with Crippen LogP contribution in [0.3, 0.4) is 0 Å². The van der Waals surface area contributed by atoms with Crippen LogP contribution >= 0.6 is 0 Å².